The van der Waals surface area contributed by atoms with E-state index < -0.39 is 42.8 Å². The van der Waals surface area contributed by atoms with E-state index in [4.69, 9.17) is 4.74 Å². The number of alkyl halides is 2. The average molecular weight is 453 g/mol. The van der Waals surface area contributed by atoms with E-state index in [1.54, 1.807) is 19.1 Å². The van der Waals surface area contributed by atoms with Crippen molar-refractivity contribution in [1.82, 2.24) is 9.80 Å². The molecule has 0 saturated carbocycles. The highest BCUT2D eigenvalue weighted by atomic mass is 19.3. The van der Waals surface area contributed by atoms with Gasteiger partial charge < -0.3 is 14.5 Å². The monoisotopic (exact) mass is 453 g/mol. The van der Waals surface area contributed by atoms with Crippen LogP contribution >= 0.6 is 0 Å². The van der Waals surface area contributed by atoms with Crippen molar-refractivity contribution in [2.75, 3.05) is 13.1 Å². The molecule has 2 heterocycles. The van der Waals surface area contributed by atoms with Gasteiger partial charge in [0.05, 0.1) is 12.6 Å². The summed E-state index contributed by atoms with van der Waals surface area (Å²) in [7, 11) is 0. The van der Waals surface area contributed by atoms with Crippen molar-refractivity contribution in [3.05, 3.63) is 65.2 Å². The van der Waals surface area contributed by atoms with Gasteiger partial charge in [-0.15, -0.1) is 0 Å². The van der Waals surface area contributed by atoms with Gasteiger partial charge in [0.1, 0.15) is 24.4 Å². The number of carbonyl (C=O) groups excluding carboxylic acids is 2. The minimum atomic E-state index is -3.16. The standard InChI is InChI=1S/C25H25F2N3O3/c1-17-12-19(9-10-22(17)33-15-18-6-3-2-4-7-18)23(31)30-16-25(26,27)13-21(30)24(32)29-11-5-8-20(29)14-28/h2-4,6-7,9-10,12,20-21H,5,8,11,13,15-16H2,1H3/t20-,21-/m0/s1. The summed E-state index contributed by atoms with van der Waals surface area (Å²) < 4.78 is 34.4. The van der Waals surface area contributed by atoms with Gasteiger partial charge in [-0.2, -0.15) is 5.26 Å². The van der Waals surface area contributed by atoms with Gasteiger partial charge in [-0.05, 0) is 49.1 Å². The van der Waals surface area contributed by atoms with Crippen LogP contribution in [0, 0.1) is 18.3 Å². The second-order valence-electron chi connectivity index (χ2n) is 8.58. The topological polar surface area (TPSA) is 73.6 Å². The quantitative estimate of drug-likeness (QED) is 0.688. The van der Waals surface area contributed by atoms with Gasteiger partial charge >= 0.3 is 0 Å². The molecule has 0 radical (unpaired) electrons. The Kier molecular flexibility index (Phi) is 6.32. The zero-order valence-electron chi connectivity index (χ0n) is 18.3. The number of likely N-dealkylation sites (tertiary alicyclic amines) is 2. The van der Waals surface area contributed by atoms with E-state index in [9.17, 15) is 23.6 Å². The second kappa shape index (κ2) is 9.18. The summed E-state index contributed by atoms with van der Waals surface area (Å²) in [5.74, 6) is -3.78. The number of nitrogens with zero attached hydrogens (tertiary/aromatic N) is 3. The summed E-state index contributed by atoms with van der Waals surface area (Å²) in [5, 5.41) is 9.27. The molecule has 2 atom stereocenters. The van der Waals surface area contributed by atoms with Crippen molar-refractivity contribution < 1.29 is 23.1 Å². The lowest BCUT2D eigenvalue weighted by Gasteiger charge is -2.28. The maximum absolute atomic E-state index is 14.3. The maximum atomic E-state index is 14.3. The molecule has 33 heavy (non-hydrogen) atoms. The van der Waals surface area contributed by atoms with E-state index in [1.807, 2.05) is 30.3 Å². The molecule has 0 bridgehead atoms. The second-order valence-corrected chi connectivity index (χ2v) is 8.58. The lowest BCUT2D eigenvalue weighted by molar-refractivity contribution is -0.135. The molecule has 2 aromatic rings. The number of aryl methyl sites for hydroxylation is 1. The molecular weight excluding hydrogens is 428 g/mol. The van der Waals surface area contributed by atoms with Crippen LogP contribution in [-0.2, 0) is 11.4 Å². The van der Waals surface area contributed by atoms with Crippen LogP contribution < -0.4 is 4.74 Å². The first kappa shape index (κ1) is 22.7. The number of halogens is 2. The summed E-state index contributed by atoms with van der Waals surface area (Å²) in [6.45, 7) is 1.66. The lowest BCUT2D eigenvalue weighted by Crippen LogP contribution is -2.49. The predicted octanol–water partition coefficient (Wildman–Crippen LogP) is 3.94. The van der Waals surface area contributed by atoms with Gasteiger partial charge in [0.25, 0.3) is 11.8 Å². The zero-order chi connectivity index (χ0) is 23.6. The molecule has 0 aromatic heterocycles. The summed E-state index contributed by atoms with van der Waals surface area (Å²) in [6.07, 6.45) is 0.428. The minimum absolute atomic E-state index is 0.216. The first-order chi connectivity index (χ1) is 15.8. The van der Waals surface area contributed by atoms with Crippen molar-refractivity contribution in [2.24, 2.45) is 0 Å². The molecule has 0 spiro atoms. The van der Waals surface area contributed by atoms with Crippen LogP contribution in [-0.4, -0.2) is 52.7 Å². The van der Waals surface area contributed by atoms with Crippen molar-refractivity contribution in [3.8, 4) is 11.8 Å². The number of hydrogen-bond donors (Lipinski definition) is 0. The molecule has 0 N–H and O–H groups in total. The fourth-order valence-electron chi connectivity index (χ4n) is 4.45. The van der Waals surface area contributed by atoms with Crippen LogP contribution in [0.3, 0.4) is 0 Å². The Hall–Kier alpha value is -3.47. The molecule has 2 amide bonds. The van der Waals surface area contributed by atoms with Crippen molar-refractivity contribution in [3.63, 3.8) is 0 Å². The van der Waals surface area contributed by atoms with Gasteiger partial charge in [-0.25, -0.2) is 8.78 Å². The lowest BCUT2D eigenvalue weighted by atomic mass is 10.1. The molecule has 2 aliphatic heterocycles. The molecule has 2 saturated heterocycles. The Morgan fingerprint density at radius 2 is 1.94 bits per heavy atom. The van der Waals surface area contributed by atoms with Crippen molar-refractivity contribution in [1.29, 1.82) is 5.26 Å². The third kappa shape index (κ3) is 4.82. The minimum Gasteiger partial charge on any atom is -0.489 e. The molecule has 6 nitrogen and oxygen atoms in total. The van der Waals surface area contributed by atoms with Crippen molar-refractivity contribution in [2.45, 2.75) is 50.8 Å². The van der Waals surface area contributed by atoms with E-state index in [2.05, 4.69) is 6.07 Å². The van der Waals surface area contributed by atoms with Crippen LogP contribution in [0.25, 0.3) is 0 Å². The van der Waals surface area contributed by atoms with Gasteiger partial charge in [0.2, 0.25) is 5.91 Å². The molecule has 2 aliphatic rings. The van der Waals surface area contributed by atoms with Gasteiger partial charge in [-0.1, -0.05) is 30.3 Å². The van der Waals surface area contributed by atoms with E-state index in [-0.39, 0.29) is 5.56 Å². The van der Waals surface area contributed by atoms with Crippen LogP contribution in [0.15, 0.2) is 48.5 Å². The van der Waals surface area contributed by atoms with Crippen LogP contribution in [0.2, 0.25) is 0 Å². The molecule has 2 fully saturated rings. The summed E-state index contributed by atoms with van der Waals surface area (Å²) >= 11 is 0. The molecule has 0 aliphatic carbocycles. The van der Waals surface area contributed by atoms with Gasteiger partial charge in [0, 0.05) is 18.5 Å². The number of ether oxygens (including phenoxy) is 1. The van der Waals surface area contributed by atoms with Crippen LogP contribution in [0.1, 0.15) is 40.7 Å². The molecule has 0 unspecified atom stereocenters. The number of hydrogen-bond acceptors (Lipinski definition) is 4. The van der Waals surface area contributed by atoms with E-state index in [0.717, 1.165) is 10.5 Å². The third-order valence-electron chi connectivity index (χ3n) is 6.16. The SMILES string of the molecule is Cc1cc(C(=O)N2CC(F)(F)C[C@H]2C(=O)N2CCC[C@H]2C#N)ccc1OCc1ccccc1. The van der Waals surface area contributed by atoms with Gasteiger partial charge in [0.15, 0.2) is 0 Å². The highest BCUT2D eigenvalue weighted by Crippen LogP contribution is 2.35. The first-order valence-electron chi connectivity index (χ1n) is 11.0. The fourth-order valence-corrected chi connectivity index (χ4v) is 4.45. The summed E-state index contributed by atoms with van der Waals surface area (Å²) in [4.78, 5) is 28.5. The van der Waals surface area contributed by atoms with E-state index in [1.165, 1.54) is 11.0 Å². The summed E-state index contributed by atoms with van der Waals surface area (Å²) in [5.41, 5.74) is 1.90. The zero-order valence-corrected chi connectivity index (χ0v) is 18.3. The van der Waals surface area contributed by atoms with E-state index >= 15 is 0 Å². The predicted molar refractivity (Wildman–Crippen MR) is 117 cm³/mol. The molecule has 172 valence electrons. The normalized spacial score (nSPS) is 21.6. The maximum Gasteiger partial charge on any atom is 0.267 e. The number of rotatable bonds is 5. The summed E-state index contributed by atoms with van der Waals surface area (Å²) in [6, 6.07) is 14.5. The van der Waals surface area contributed by atoms with Crippen molar-refractivity contribution >= 4 is 11.8 Å². The third-order valence-corrected chi connectivity index (χ3v) is 6.16. The molecule has 2 aromatic carbocycles. The number of amides is 2. The Bertz CT molecular complexity index is 1080. The highest BCUT2D eigenvalue weighted by molar-refractivity contribution is 5.98. The van der Waals surface area contributed by atoms with Crippen LogP contribution in [0.5, 0.6) is 5.75 Å². The first-order valence-corrected chi connectivity index (χ1v) is 11.0. The Morgan fingerprint density at radius 3 is 2.64 bits per heavy atom. The van der Waals surface area contributed by atoms with Gasteiger partial charge in [-0.3, -0.25) is 9.59 Å². The highest BCUT2D eigenvalue weighted by Gasteiger charge is 2.52. The smallest absolute Gasteiger partial charge is 0.267 e. The Morgan fingerprint density at radius 1 is 1.18 bits per heavy atom. The molecule has 8 heteroatoms. The average Bonchev–Trinajstić information content (AvgIpc) is 3.41. The Balaban J connectivity index is 1.51. The fraction of sp³-hybridized carbons (Fsp3) is 0.400. The number of benzene rings is 2. The van der Waals surface area contributed by atoms with Crippen LogP contribution in [0.4, 0.5) is 8.78 Å². The molecular formula is C25H25F2N3O3. The number of carbonyl (C=O) groups is 2. The largest absolute Gasteiger partial charge is 0.489 e. The Labute approximate surface area is 191 Å². The van der Waals surface area contributed by atoms with E-state index in [0.29, 0.717) is 37.3 Å². The molecule has 4 rings (SSSR count). The number of nitriles is 1.